The monoisotopic (exact) mass is 330 g/mol. The number of hydrogen-bond acceptors (Lipinski definition) is 0. The van der Waals surface area contributed by atoms with Crippen LogP contribution < -0.4 is 10.4 Å². The molecule has 0 aliphatic heterocycles. The number of allylic oxidation sites excluding steroid dienone is 3. The minimum absolute atomic E-state index is 0.755. The molecule has 2 aliphatic carbocycles. The van der Waals surface area contributed by atoms with Crippen LogP contribution in [0.5, 0.6) is 0 Å². The first-order chi connectivity index (χ1) is 11.8. The van der Waals surface area contributed by atoms with Gasteiger partial charge in [0, 0.05) is 0 Å². The highest BCUT2D eigenvalue weighted by Crippen LogP contribution is 2.44. The number of benzene rings is 2. The van der Waals surface area contributed by atoms with Crippen LogP contribution >= 0.6 is 0 Å². The molecule has 0 N–H and O–H groups in total. The summed E-state index contributed by atoms with van der Waals surface area (Å²) in [4.78, 5) is 0. The third-order valence-corrected chi connectivity index (χ3v) is 10.7. The van der Waals surface area contributed by atoms with Crippen molar-refractivity contribution in [2.45, 2.75) is 25.8 Å². The summed E-state index contributed by atoms with van der Waals surface area (Å²) in [5.41, 5.74) is 2.65. The highest BCUT2D eigenvalue weighted by molar-refractivity contribution is 7.05. The third-order valence-electron chi connectivity index (χ3n) is 6.09. The third kappa shape index (κ3) is 2.71. The second-order valence-corrected chi connectivity index (χ2v) is 11.5. The molecular weight excluding hydrogens is 304 g/mol. The fraction of sp³-hybridized carbons (Fsp3) is 0.304. The van der Waals surface area contributed by atoms with Gasteiger partial charge in [-0.2, -0.15) is 0 Å². The Bertz CT molecular complexity index is 690. The summed E-state index contributed by atoms with van der Waals surface area (Å²) in [5.74, 6) is 2.39. The smallest absolute Gasteiger partial charge is 0.0896 e. The summed E-state index contributed by atoms with van der Waals surface area (Å²) in [5, 5.41) is 3.07. The van der Waals surface area contributed by atoms with Crippen LogP contribution in [-0.4, -0.2) is 8.07 Å². The Labute approximate surface area is 146 Å². The largest absolute Gasteiger partial charge is 0.140 e. The molecule has 1 heteroatoms. The normalized spacial score (nSPS) is 25.6. The number of fused-ring (bicyclic) bond motifs is 2. The van der Waals surface area contributed by atoms with Crippen LogP contribution in [0.25, 0.3) is 0 Å². The molecule has 0 amide bonds. The molecule has 3 unspecified atom stereocenters. The van der Waals surface area contributed by atoms with Crippen molar-refractivity contribution >= 4 is 18.4 Å². The molecule has 0 aromatic heterocycles. The zero-order valence-corrected chi connectivity index (χ0v) is 15.4. The van der Waals surface area contributed by atoms with Gasteiger partial charge in [0.2, 0.25) is 0 Å². The van der Waals surface area contributed by atoms with Gasteiger partial charge in [-0.25, -0.2) is 0 Å². The Hall–Kier alpha value is -1.86. The highest BCUT2D eigenvalue weighted by Gasteiger charge is 2.36. The lowest BCUT2D eigenvalue weighted by Gasteiger charge is -2.29. The summed E-state index contributed by atoms with van der Waals surface area (Å²) in [7, 11) is -1.82. The van der Waals surface area contributed by atoms with Crippen LogP contribution in [0.15, 0.2) is 84.6 Å². The average Bonchev–Trinajstić information content (AvgIpc) is 3.28. The maximum Gasteiger partial charge on any atom is 0.140 e. The zero-order valence-electron chi connectivity index (χ0n) is 14.4. The summed E-state index contributed by atoms with van der Waals surface area (Å²) in [6, 6.07) is 23.6. The van der Waals surface area contributed by atoms with Crippen molar-refractivity contribution in [2.75, 3.05) is 0 Å². The maximum atomic E-state index is 2.65. The van der Waals surface area contributed by atoms with Crippen molar-refractivity contribution in [1.82, 2.24) is 0 Å². The fourth-order valence-corrected chi connectivity index (χ4v) is 8.61. The van der Waals surface area contributed by atoms with Crippen molar-refractivity contribution in [3.63, 3.8) is 0 Å². The van der Waals surface area contributed by atoms with E-state index in [0.717, 1.165) is 17.8 Å². The topological polar surface area (TPSA) is 0 Å². The van der Waals surface area contributed by atoms with Crippen molar-refractivity contribution in [1.29, 1.82) is 0 Å². The van der Waals surface area contributed by atoms with Gasteiger partial charge in [0.25, 0.3) is 0 Å². The van der Waals surface area contributed by atoms with Gasteiger partial charge in [0.1, 0.15) is 8.07 Å². The van der Waals surface area contributed by atoms with Gasteiger partial charge < -0.3 is 0 Å². The van der Waals surface area contributed by atoms with Crippen LogP contribution in [0.4, 0.5) is 0 Å². The van der Waals surface area contributed by atoms with Crippen LogP contribution in [0, 0.1) is 17.8 Å². The molecule has 0 nitrogen and oxygen atoms in total. The highest BCUT2D eigenvalue weighted by atomic mass is 28.3. The molecule has 0 spiro atoms. The average molecular weight is 331 g/mol. The van der Waals surface area contributed by atoms with E-state index in [4.69, 9.17) is 0 Å². The maximum absolute atomic E-state index is 2.65. The van der Waals surface area contributed by atoms with E-state index in [-0.39, 0.29) is 0 Å². The molecule has 0 saturated heterocycles. The molecule has 3 atom stereocenters. The summed E-state index contributed by atoms with van der Waals surface area (Å²) < 4.78 is 0. The lowest BCUT2D eigenvalue weighted by Crippen LogP contribution is -2.56. The zero-order chi connectivity index (χ0) is 16.4. The van der Waals surface area contributed by atoms with Gasteiger partial charge in [-0.15, -0.1) is 0 Å². The second-order valence-electron chi connectivity index (χ2n) is 7.36. The Morgan fingerprint density at radius 2 is 1.50 bits per heavy atom. The van der Waals surface area contributed by atoms with Gasteiger partial charge in [-0.1, -0.05) is 91.5 Å². The van der Waals surface area contributed by atoms with Gasteiger partial charge in [0.15, 0.2) is 0 Å². The van der Waals surface area contributed by atoms with Crippen LogP contribution in [-0.2, 0) is 0 Å². The van der Waals surface area contributed by atoms with E-state index < -0.39 is 8.07 Å². The summed E-state index contributed by atoms with van der Waals surface area (Å²) >= 11 is 0. The van der Waals surface area contributed by atoms with Crippen molar-refractivity contribution < 1.29 is 0 Å². The molecule has 122 valence electrons. The van der Waals surface area contributed by atoms with Gasteiger partial charge in [-0.05, 0) is 47.0 Å². The summed E-state index contributed by atoms with van der Waals surface area (Å²) in [6.45, 7) is 2.37. The van der Waals surface area contributed by atoms with Crippen LogP contribution in [0.3, 0.4) is 0 Å². The Morgan fingerprint density at radius 3 is 1.96 bits per heavy atom. The standard InChI is InChI=1S/C23H26Si/c1-2-24(22-9-5-3-6-10-22,23-11-7-4-8-12-23)16-15-21-18-19-13-14-20(21)17-19/h3-16,19-21H,2,17-18H2,1H3. The van der Waals surface area contributed by atoms with E-state index in [1.165, 1.54) is 29.3 Å². The molecule has 2 aromatic rings. The molecule has 4 rings (SSSR count). The SMILES string of the molecule is CC[Si](C=CC1CC2C=CC1C2)(c1ccccc1)c1ccccc1. The quantitative estimate of drug-likeness (QED) is 0.556. The first-order valence-corrected chi connectivity index (χ1v) is 11.6. The summed E-state index contributed by atoms with van der Waals surface area (Å²) in [6.07, 6.45) is 10.2. The van der Waals surface area contributed by atoms with E-state index in [1.807, 2.05) is 0 Å². The fourth-order valence-electron chi connectivity index (χ4n) is 4.69. The minimum atomic E-state index is -1.82. The molecule has 24 heavy (non-hydrogen) atoms. The first kappa shape index (κ1) is 15.7. The molecule has 2 aromatic carbocycles. The van der Waals surface area contributed by atoms with Gasteiger partial charge in [0.05, 0.1) is 0 Å². The van der Waals surface area contributed by atoms with E-state index >= 15 is 0 Å². The number of rotatable bonds is 5. The minimum Gasteiger partial charge on any atom is -0.0896 e. The molecule has 1 fully saturated rings. The predicted octanol–water partition coefficient (Wildman–Crippen LogP) is 4.58. The van der Waals surface area contributed by atoms with E-state index in [2.05, 4.69) is 91.5 Å². The Kier molecular flexibility index (Phi) is 4.28. The van der Waals surface area contributed by atoms with E-state index in [1.54, 1.807) is 0 Å². The van der Waals surface area contributed by atoms with Crippen LogP contribution in [0.1, 0.15) is 19.8 Å². The molecule has 2 aliphatic rings. The van der Waals surface area contributed by atoms with Gasteiger partial charge in [-0.3, -0.25) is 0 Å². The number of hydrogen-bond donors (Lipinski definition) is 0. The van der Waals surface area contributed by atoms with Crippen molar-refractivity contribution in [3.05, 3.63) is 84.6 Å². The predicted molar refractivity (Wildman–Crippen MR) is 106 cm³/mol. The molecule has 2 bridgehead atoms. The van der Waals surface area contributed by atoms with Crippen LogP contribution in [0.2, 0.25) is 6.04 Å². The van der Waals surface area contributed by atoms with Crippen molar-refractivity contribution in [2.24, 2.45) is 17.8 Å². The lowest BCUT2D eigenvalue weighted by atomic mass is 9.94. The molecular formula is C23H26Si. The molecule has 0 radical (unpaired) electrons. The van der Waals surface area contributed by atoms with E-state index in [9.17, 15) is 0 Å². The molecule has 1 saturated carbocycles. The van der Waals surface area contributed by atoms with Crippen molar-refractivity contribution in [3.8, 4) is 0 Å². The lowest BCUT2D eigenvalue weighted by molar-refractivity contribution is 0.550. The molecule has 0 heterocycles. The Balaban J connectivity index is 1.74. The Morgan fingerprint density at radius 1 is 0.875 bits per heavy atom. The second kappa shape index (κ2) is 6.56. The van der Waals surface area contributed by atoms with Gasteiger partial charge >= 0.3 is 0 Å². The van der Waals surface area contributed by atoms with E-state index in [0.29, 0.717) is 0 Å². The first-order valence-electron chi connectivity index (χ1n) is 9.30.